The molecule has 25 heavy (non-hydrogen) atoms. The van der Waals surface area contributed by atoms with Crippen LogP contribution in [-0.2, 0) is 23.2 Å². The number of carboxylic acids is 2. The van der Waals surface area contributed by atoms with Crippen LogP contribution in [0.4, 0.5) is 0 Å². The van der Waals surface area contributed by atoms with Gasteiger partial charge in [-0.2, -0.15) is 0 Å². The predicted molar refractivity (Wildman–Crippen MR) is 102 cm³/mol. The van der Waals surface area contributed by atoms with Gasteiger partial charge in [0.15, 0.2) is 0 Å². The van der Waals surface area contributed by atoms with Crippen molar-refractivity contribution in [2.24, 2.45) is 5.92 Å². The highest BCUT2D eigenvalue weighted by Crippen LogP contribution is 2.49. The highest BCUT2D eigenvalue weighted by atomic mass is 31.2. The number of carboxylic acid groups (broad SMARTS) is 2. The van der Waals surface area contributed by atoms with E-state index in [0.29, 0.717) is 19.0 Å². The molecule has 0 aliphatic heterocycles. The Hall–Kier alpha value is -0.953. The van der Waals surface area contributed by atoms with Crippen LogP contribution >= 0.6 is 7.60 Å². The van der Waals surface area contributed by atoms with Gasteiger partial charge in [0.05, 0.1) is 33.6 Å². The molecule has 7 nitrogen and oxygen atoms in total. The number of hydrogen-bond donors (Lipinski definition) is 2. The minimum Gasteiger partial charge on any atom is -0.481 e. The van der Waals surface area contributed by atoms with E-state index in [4.69, 9.17) is 19.3 Å². The van der Waals surface area contributed by atoms with Gasteiger partial charge in [0.2, 0.25) is 0 Å². The Kier molecular flexibility index (Phi) is 14.0. The van der Waals surface area contributed by atoms with E-state index in [1.165, 1.54) is 0 Å². The minimum atomic E-state index is -2.78. The summed E-state index contributed by atoms with van der Waals surface area (Å²) in [5, 5.41) is 16.9. The van der Waals surface area contributed by atoms with E-state index in [1.54, 1.807) is 19.1 Å². The average Bonchev–Trinajstić information content (AvgIpc) is 2.41. The molecular formula is C16H33O7PSi. The molecule has 148 valence electrons. The van der Waals surface area contributed by atoms with Gasteiger partial charge in [-0.3, -0.25) is 14.2 Å². The Bertz CT molecular complexity index is 462. The summed E-state index contributed by atoms with van der Waals surface area (Å²) in [6, 6.07) is 0. The van der Waals surface area contributed by atoms with Crippen LogP contribution in [0.2, 0.25) is 19.6 Å². The molecule has 0 aliphatic rings. The molecule has 0 heterocycles. The van der Waals surface area contributed by atoms with Gasteiger partial charge in [-0.05, 0) is 27.2 Å². The molecule has 0 aliphatic carbocycles. The van der Waals surface area contributed by atoms with Crippen LogP contribution < -0.4 is 0 Å². The van der Waals surface area contributed by atoms with E-state index in [1.807, 2.05) is 13.8 Å². The Balaban J connectivity index is 0. The third kappa shape index (κ3) is 16.3. The molecule has 0 saturated carbocycles. The standard InChI is InChI=1S/C8H12O4.C8H21O3PSi/c1-2-3-4-6(8(11)12)5-7(9)10;1-6-10-12(9,11-7-2)8-13(3,4)5/h2-3,6H,4-5H2,1H3,(H,9,10)(H,11,12);6-8H2,1-5H3/b3-2-;. The zero-order valence-corrected chi connectivity index (χ0v) is 18.0. The molecule has 0 aromatic rings. The summed E-state index contributed by atoms with van der Waals surface area (Å²) in [4.78, 5) is 20.6. The molecule has 0 saturated heterocycles. The number of carbonyl (C=O) groups is 2. The molecule has 0 aromatic carbocycles. The molecule has 0 radical (unpaired) electrons. The first-order chi connectivity index (χ1) is 11.4. The van der Waals surface area contributed by atoms with E-state index in [2.05, 4.69) is 19.6 Å². The summed E-state index contributed by atoms with van der Waals surface area (Å²) >= 11 is 0. The Morgan fingerprint density at radius 1 is 1.12 bits per heavy atom. The summed E-state index contributed by atoms with van der Waals surface area (Å²) in [6.45, 7) is 12.9. The number of rotatable bonds is 11. The average molecular weight is 396 g/mol. The van der Waals surface area contributed by atoms with Crippen molar-refractivity contribution in [3.8, 4) is 0 Å². The fourth-order valence-corrected chi connectivity index (χ4v) is 8.12. The van der Waals surface area contributed by atoms with Crippen molar-refractivity contribution in [1.29, 1.82) is 0 Å². The molecule has 0 fully saturated rings. The Labute approximate surface area is 152 Å². The molecule has 0 aromatic heterocycles. The van der Waals surface area contributed by atoms with Crippen molar-refractivity contribution in [1.82, 2.24) is 0 Å². The van der Waals surface area contributed by atoms with Crippen LogP contribution in [-0.4, -0.2) is 49.2 Å². The fourth-order valence-electron chi connectivity index (χ4n) is 1.89. The topological polar surface area (TPSA) is 110 Å². The molecule has 9 heteroatoms. The second-order valence-electron chi connectivity index (χ2n) is 6.60. The first kappa shape index (κ1) is 26.3. The van der Waals surface area contributed by atoms with E-state index >= 15 is 0 Å². The number of allylic oxidation sites excluding steroid dienone is 2. The van der Waals surface area contributed by atoms with Crippen LogP contribution in [0.1, 0.15) is 33.6 Å². The van der Waals surface area contributed by atoms with Crippen LogP contribution in [0.25, 0.3) is 0 Å². The van der Waals surface area contributed by atoms with Crippen molar-refractivity contribution in [3.05, 3.63) is 12.2 Å². The number of hydrogen-bond acceptors (Lipinski definition) is 5. The minimum absolute atomic E-state index is 0.276. The fraction of sp³-hybridized carbons (Fsp3) is 0.750. The largest absolute Gasteiger partial charge is 0.481 e. The molecule has 0 bridgehead atoms. The van der Waals surface area contributed by atoms with Gasteiger partial charge >= 0.3 is 19.5 Å². The van der Waals surface area contributed by atoms with Gasteiger partial charge in [0.25, 0.3) is 0 Å². The van der Waals surface area contributed by atoms with Gasteiger partial charge in [0, 0.05) is 5.79 Å². The van der Waals surface area contributed by atoms with E-state index < -0.39 is 33.5 Å². The highest BCUT2D eigenvalue weighted by Gasteiger charge is 2.31. The zero-order chi connectivity index (χ0) is 20.1. The lowest BCUT2D eigenvalue weighted by Crippen LogP contribution is -2.27. The Morgan fingerprint density at radius 2 is 1.60 bits per heavy atom. The molecule has 1 atom stereocenters. The lowest BCUT2D eigenvalue weighted by atomic mass is 10.0. The van der Waals surface area contributed by atoms with Crippen LogP contribution in [0.15, 0.2) is 12.2 Å². The molecule has 0 rings (SSSR count). The van der Waals surface area contributed by atoms with Gasteiger partial charge in [-0.15, -0.1) is 0 Å². The van der Waals surface area contributed by atoms with E-state index in [9.17, 15) is 14.2 Å². The molecule has 2 N–H and O–H groups in total. The summed E-state index contributed by atoms with van der Waals surface area (Å²) in [6.07, 6.45) is 3.32. The SMILES string of the molecule is C/C=C\CC(CC(=O)O)C(=O)O.CCOP(=O)(C[Si](C)(C)C)OCC. The third-order valence-corrected chi connectivity index (χ3v) is 9.39. The quantitative estimate of drug-likeness (QED) is 0.305. The summed E-state index contributed by atoms with van der Waals surface area (Å²) in [5.41, 5.74) is 0. The lowest BCUT2D eigenvalue weighted by Gasteiger charge is -2.23. The maximum atomic E-state index is 12.0. The predicted octanol–water partition coefficient (Wildman–Crippen LogP) is 4.26. The maximum absolute atomic E-state index is 12.0. The normalized spacial score (nSPS) is 13.2. The van der Waals surface area contributed by atoms with Crippen LogP contribution in [0.3, 0.4) is 0 Å². The third-order valence-electron chi connectivity index (χ3n) is 2.75. The monoisotopic (exact) mass is 396 g/mol. The zero-order valence-electron chi connectivity index (χ0n) is 16.2. The van der Waals surface area contributed by atoms with Crippen molar-refractivity contribution in [2.45, 2.75) is 53.3 Å². The Morgan fingerprint density at radius 3 is 1.88 bits per heavy atom. The van der Waals surface area contributed by atoms with Crippen molar-refractivity contribution in [2.75, 3.05) is 19.0 Å². The maximum Gasteiger partial charge on any atom is 0.327 e. The van der Waals surface area contributed by atoms with Gasteiger partial charge in [-0.1, -0.05) is 31.8 Å². The highest BCUT2D eigenvalue weighted by molar-refractivity contribution is 7.57. The smallest absolute Gasteiger partial charge is 0.327 e. The van der Waals surface area contributed by atoms with E-state index in [0.717, 1.165) is 0 Å². The molecule has 1 unspecified atom stereocenters. The van der Waals surface area contributed by atoms with Gasteiger partial charge < -0.3 is 19.3 Å². The van der Waals surface area contributed by atoms with Gasteiger partial charge in [0.1, 0.15) is 0 Å². The second-order valence-corrected chi connectivity index (χ2v) is 14.7. The van der Waals surface area contributed by atoms with Crippen molar-refractivity contribution >= 4 is 27.6 Å². The lowest BCUT2D eigenvalue weighted by molar-refractivity contribution is -0.148. The summed E-state index contributed by atoms with van der Waals surface area (Å²) < 4.78 is 22.4. The molecule has 0 amide bonds. The first-order valence-electron chi connectivity index (χ1n) is 8.34. The van der Waals surface area contributed by atoms with Crippen molar-refractivity contribution in [3.63, 3.8) is 0 Å². The first-order valence-corrected chi connectivity index (χ1v) is 13.8. The van der Waals surface area contributed by atoms with Gasteiger partial charge in [-0.25, -0.2) is 0 Å². The van der Waals surface area contributed by atoms with Crippen LogP contribution in [0, 0.1) is 5.92 Å². The summed E-state index contributed by atoms with van der Waals surface area (Å²) in [5.74, 6) is -2.33. The van der Waals surface area contributed by atoms with E-state index in [-0.39, 0.29) is 12.8 Å². The van der Waals surface area contributed by atoms with Crippen molar-refractivity contribution < 1.29 is 33.4 Å². The van der Waals surface area contributed by atoms with Crippen LogP contribution in [0.5, 0.6) is 0 Å². The molecular weight excluding hydrogens is 363 g/mol. The number of aliphatic carboxylic acids is 2. The summed E-state index contributed by atoms with van der Waals surface area (Å²) in [7, 11) is -4.16. The second kappa shape index (κ2) is 13.3. The molecule has 0 spiro atoms.